The normalized spacial score (nSPS) is 18.7. The summed E-state index contributed by atoms with van der Waals surface area (Å²) in [7, 11) is -1.40. The summed E-state index contributed by atoms with van der Waals surface area (Å²) >= 11 is 0. The molecule has 1 atom stereocenters. The van der Waals surface area contributed by atoms with Gasteiger partial charge in [0.1, 0.15) is 5.69 Å². The van der Waals surface area contributed by atoms with Gasteiger partial charge in [-0.05, 0) is 37.1 Å². The van der Waals surface area contributed by atoms with Crippen molar-refractivity contribution in [2.75, 3.05) is 23.9 Å². The molecule has 1 N–H and O–H groups in total. The maximum atomic E-state index is 12.7. The Morgan fingerprint density at radius 3 is 2.72 bits per heavy atom. The number of nitrogens with zero attached hydrogens (tertiary/aromatic N) is 2. The average molecular weight is 359 g/mol. The predicted octanol–water partition coefficient (Wildman–Crippen LogP) is 2.39. The Balaban J connectivity index is 1.77. The summed E-state index contributed by atoms with van der Waals surface area (Å²) in [5.41, 5.74) is 3.12. The molecule has 1 amide bonds. The molecule has 6 nitrogen and oxygen atoms in total. The van der Waals surface area contributed by atoms with Crippen LogP contribution in [-0.2, 0) is 9.84 Å². The first-order valence-electron chi connectivity index (χ1n) is 8.12. The van der Waals surface area contributed by atoms with E-state index in [-0.39, 0.29) is 23.5 Å². The number of nitrogens with one attached hydrogen (secondary N) is 1. The van der Waals surface area contributed by atoms with Gasteiger partial charge in [-0.15, -0.1) is 0 Å². The molecule has 1 saturated heterocycles. The molecule has 7 heteroatoms. The van der Waals surface area contributed by atoms with Crippen LogP contribution in [0.4, 0.5) is 11.4 Å². The number of pyridine rings is 1. The Kier molecular flexibility index (Phi) is 4.76. The zero-order chi connectivity index (χ0) is 18.0. The molecular formula is C18H21N3O3S. The number of hydrogen-bond acceptors (Lipinski definition) is 5. The molecule has 1 fully saturated rings. The second-order valence-corrected chi connectivity index (χ2v) is 8.57. The van der Waals surface area contributed by atoms with Crippen molar-refractivity contribution in [2.45, 2.75) is 19.4 Å². The number of carbonyl (C=O) groups is 1. The van der Waals surface area contributed by atoms with Crippen LogP contribution >= 0.6 is 0 Å². The van der Waals surface area contributed by atoms with Crippen molar-refractivity contribution in [3.63, 3.8) is 0 Å². The second-order valence-electron chi connectivity index (χ2n) is 6.34. The Hall–Kier alpha value is -2.41. The monoisotopic (exact) mass is 359 g/mol. The highest BCUT2D eigenvalue weighted by Gasteiger charge is 2.33. The molecule has 3 rings (SSSR count). The Labute approximate surface area is 147 Å². The highest BCUT2D eigenvalue weighted by molar-refractivity contribution is 7.91. The van der Waals surface area contributed by atoms with Crippen molar-refractivity contribution in [3.05, 3.63) is 53.9 Å². The number of sulfone groups is 1. The Morgan fingerprint density at radius 1 is 1.28 bits per heavy atom. The predicted molar refractivity (Wildman–Crippen MR) is 97.9 cm³/mol. The summed E-state index contributed by atoms with van der Waals surface area (Å²) in [4.78, 5) is 18.3. The van der Waals surface area contributed by atoms with Crippen molar-refractivity contribution in [1.82, 2.24) is 9.88 Å². The summed E-state index contributed by atoms with van der Waals surface area (Å²) in [5.74, 6) is -0.107. The quantitative estimate of drug-likeness (QED) is 0.907. The van der Waals surface area contributed by atoms with E-state index in [2.05, 4.69) is 10.3 Å². The number of hydrogen-bond donors (Lipinski definition) is 1. The van der Waals surface area contributed by atoms with E-state index in [0.29, 0.717) is 12.1 Å². The van der Waals surface area contributed by atoms with Crippen LogP contribution in [0.25, 0.3) is 0 Å². The number of para-hydroxylation sites is 1. The highest BCUT2D eigenvalue weighted by Crippen LogP contribution is 2.22. The number of aromatic nitrogens is 1. The van der Waals surface area contributed by atoms with E-state index < -0.39 is 9.84 Å². The number of benzene rings is 1. The maximum absolute atomic E-state index is 12.7. The van der Waals surface area contributed by atoms with Gasteiger partial charge in [-0.25, -0.2) is 8.42 Å². The second kappa shape index (κ2) is 6.84. The van der Waals surface area contributed by atoms with Crippen LogP contribution < -0.4 is 5.32 Å². The number of amides is 1. The van der Waals surface area contributed by atoms with E-state index in [4.69, 9.17) is 0 Å². The van der Waals surface area contributed by atoms with Crippen molar-refractivity contribution in [3.8, 4) is 0 Å². The lowest BCUT2D eigenvalue weighted by atomic mass is 10.2. The average Bonchev–Trinajstić information content (AvgIpc) is 2.96. The largest absolute Gasteiger partial charge is 0.355 e. The van der Waals surface area contributed by atoms with Crippen LogP contribution in [0.5, 0.6) is 0 Å². The number of rotatable bonds is 4. The first-order chi connectivity index (χ1) is 11.9. The third-order valence-electron chi connectivity index (χ3n) is 4.48. The van der Waals surface area contributed by atoms with Crippen molar-refractivity contribution in [2.24, 2.45) is 0 Å². The number of aryl methyl sites for hydroxylation is 1. The smallest absolute Gasteiger partial charge is 0.272 e. The van der Waals surface area contributed by atoms with Gasteiger partial charge in [0.05, 0.1) is 11.5 Å². The summed E-state index contributed by atoms with van der Waals surface area (Å²) < 4.78 is 23.3. The van der Waals surface area contributed by atoms with Crippen LogP contribution in [0.15, 0.2) is 42.6 Å². The summed E-state index contributed by atoms with van der Waals surface area (Å²) in [6.45, 7) is 2.00. The zero-order valence-corrected chi connectivity index (χ0v) is 15.1. The molecule has 0 spiro atoms. The van der Waals surface area contributed by atoms with Crippen molar-refractivity contribution < 1.29 is 13.2 Å². The standard InChI is InChI=1S/C18H21N3O3S/c1-13-5-3-4-6-16(13)20-14-7-9-19-17(11-14)18(22)21(2)15-8-10-25(23,24)12-15/h3-7,9,11,15H,8,10,12H2,1-2H3,(H,19,20). The summed E-state index contributed by atoms with van der Waals surface area (Å²) in [5, 5.41) is 3.28. The molecule has 1 aliphatic rings. The third kappa shape index (κ3) is 3.99. The molecular weight excluding hydrogens is 338 g/mol. The van der Waals surface area contributed by atoms with E-state index >= 15 is 0 Å². The van der Waals surface area contributed by atoms with Crippen LogP contribution in [0.3, 0.4) is 0 Å². The van der Waals surface area contributed by atoms with E-state index in [1.807, 2.05) is 31.2 Å². The molecule has 1 aromatic heterocycles. The lowest BCUT2D eigenvalue weighted by Crippen LogP contribution is -2.38. The molecule has 0 saturated carbocycles. The minimum atomic E-state index is -3.04. The summed E-state index contributed by atoms with van der Waals surface area (Å²) in [6.07, 6.45) is 2.05. The van der Waals surface area contributed by atoms with Gasteiger partial charge in [-0.3, -0.25) is 9.78 Å². The molecule has 25 heavy (non-hydrogen) atoms. The van der Waals surface area contributed by atoms with Crippen LogP contribution in [0, 0.1) is 6.92 Å². The van der Waals surface area contributed by atoms with E-state index in [9.17, 15) is 13.2 Å². The third-order valence-corrected chi connectivity index (χ3v) is 6.23. The maximum Gasteiger partial charge on any atom is 0.272 e. The van der Waals surface area contributed by atoms with Gasteiger partial charge in [0.25, 0.3) is 5.91 Å². The molecule has 0 bridgehead atoms. The number of anilines is 2. The molecule has 2 heterocycles. The molecule has 132 valence electrons. The van der Waals surface area contributed by atoms with E-state index in [0.717, 1.165) is 16.9 Å². The lowest BCUT2D eigenvalue weighted by molar-refractivity contribution is 0.0742. The fraction of sp³-hybridized carbons (Fsp3) is 0.333. The lowest BCUT2D eigenvalue weighted by Gasteiger charge is -2.23. The van der Waals surface area contributed by atoms with Crippen molar-refractivity contribution in [1.29, 1.82) is 0 Å². The minimum absolute atomic E-state index is 0.0242. The fourth-order valence-electron chi connectivity index (χ4n) is 2.92. The topological polar surface area (TPSA) is 79.4 Å². The molecule has 1 unspecified atom stereocenters. The molecule has 0 radical (unpaired) electrons. The SMILES string of the molecule is Cc1ccccc1Nc1ccnc(C(=O)N(C)C2CCS(=O)(=O)C2)c1. The van der Waals surface area contributed by atoms with Crippen LogP contribution in [-0.4, -0.2) is 48.8 Å². The molecule has 2 aromatic rings. The van der Waals surface area contributed by atoms with Crippen LogP contribution in [0.2, 0.25) is 0 Å². The van der Waals surface area contributed by atoms with Gasteiger partial charge in [-0.1, -0.05) is 18.2 Å². The number of carbonyl (C=O) groups excluding carboxylic acids is 1. The van der Waals surface area contributed by atoms with Gasteiger partial charge in [0.15, 0.2) is 9.84 Å². The Morgan fingerprint density at radius 2 is 2.04 bits per heavy atom. The highest BCUT2D eigenvalue weighted by atomic mass is 32.2. The summed E-state index contributed by atoms with van der Waals surface area (Å²) in [6, 6.07) is 11.1. The fourth-order valence-corrected chi connectivity index (χ4v) is 4.70. The first-order valence-corrected chi connectivity index (χ1v) is 9.94. The van der Waals surface area contributed by atoms with Gasteiger partial charge in [0.2, 0.25) is 0 Å². The Bertz CT molecular complexity index is 896. The first kappa shape index (κ1) is 17.4. The van der Waals surface area contributed by atoms with Gasteiger partial charge < -0.3 is 10.2 Å². The van der Waals surface area contributed by atoms with Gasteiger partial charge in [0, 0.05) is 30.7 Å². The zero-order valence-electron chi connectivity index (χ0n) is 14.3. The molecule has 0 aliphatic carbocycles. The molecule has 1 aromatic carbocycles. The van der Waals surface area contributed by atoms with Crippen molar-refractivity contribution >= 4 is 27.1 Å². The minimum Gasteiger partial charge on any atom is -0.355 e. The molecule has 1 aliphatic heterocycles. The van der Waals surface area contributed by atoms with Gasteiger partial charge >= 0.3 is 0 Å². The van der Waals surface area contributed by atoms with E-state index in [1.54, 1.807) is 25.4 Å². The van der Waals surface area contributed by atoms with E-state index in [1.165, 1.54) is 4.90 Å². The van der Waals surface area contributed by atoms with Crippen LogP contribution in [0.1, 0.15) is 22.5 Å². The van der Waals surface area contributed by atoms with Gasteiger partial charge in [-0.2, -0.15) is 0 Å².